The average Bonchev–Trinajstić information content (AvgIpc) is 3.03. The fourth-order valence-corrected chi connectivity index (χ4v) is 4.94. The fraction of sp³-hybridized carbons (Fsp3) is 0.0833. The molecule has 1 heterocycles. The predicted octanol–water partition coefficient (Wildman–Crippen LogP) is 8.96. The van der Waals surface area contributed by atoms with Crippen LogP contribution in [0.1, 0.15) is 16.7 Å². The van der Waals surface area contributed by atoms with E-state index < -0.39 is 0 Å². The van der Waals surface area contributed by atoms with Gasteiger partial charge in [0.25, 0.3) is 0 Å². The predicted molar refractivity (Wildman–Crippen MR) is 168 cm³/mol. The van der Waals surface area contributed by atoms with E-state index in [4.69, 9.17) is 18.6 Å². The summed E-state index contributed by atoms with van der Waals surface area (Å²) >= 11 is 3.57. The molecule has 6 heteroatoms. The molecule has 0 atom stereocenters. The topological polar surface area (TPSA) is 57.9 Å². The number of fused-ring (bicyclic) bond motifs is 1. The fourth-order valence-electron chi connectivity index (χ4n) is 4.54. The molecule has 0 unspecified atom stereocenters. The first-order valence-electron chi connectivity index (χ1n) is 13.5. The summed E-state index contributed by atoms with van der Waals surface area (Å²) < 4.78 is 25.4. The second-order valence-electron chi connectivity index (χ2n) is 9.72. The van der Waals surface area contributed by atoms with E-state index in [9.17, 15) is 4.79 Å². The quantitative estimate of drug-likeness (QED) is 0.153. The Kier molecular flexibility index (Phi) is 8.33. The van der Waals surface area contributed by atoms with E-state index in [0.717, 1.165) is 32.5 Å². The van der Waals surface area contributed by atoms with Crippen LogP contribution in [-0.2, 0) is 19.8 Å². The van der Waals surface area contributed by atoms with Crippen LogP contribution < -0.4 is 19.6 Å². The molecule has 0 amide bonds. The maximum Gasteiger partial charge on any atom is 0.197 e. The molecule has 208 valence electrons. The Morgan fingerprint density at radius 3 is 1.88 bits per heavy atom. The molecule has 6 aromatic rings. The molecule has 0 fully saturated rings. The molecule has 0 saturated heterocycles. The molecular formula is C36H27BrO5. The summed E-state index contributed by atoms with van der Waals surface area (Å²) in [6.45, 7) is 1.11. The molecule has 5 aromatic carbocycles. The summed E-state index contributed by atoms with van der Waals surface area (Å²) in [6.07, 6.45) is 0. The van der Waals surface area contributed by atoms with Crippen molar-refractivity contribution in [2.24, 2.45) is 0 Å². The highest BCUT2D eigenvalue weighted by Gasteiger charge is 2.16. The molecular weight excluding hydrogens is 592 g/mol. The monoisotopic (exact) mass is 618 g/mol. The van der Waals surface area contributed by atoms with Gasteiger partial charge in [0, 0.05) is 33.8 Å². The van der Waals surface area contributed by atoms with Crippen molar-refractivity contribution in [3.05, 3.63) is 159 Å². The maximum absolute atomic E-state index is 13.5. The number of hydrogen-bond acceptors (Lipinski definition) is 5. The minimum absolute atomic E-state index is 0.201. The third kappa shape index (κ3) is 6.56. The van der Waals surface area contributed by atoms with Crippen LogP contribution in [0.2, 0.25) is 0 Å². The van der Waals surface area contributed by atoms with Crippen molar-refractivity contribution in [1.82, 2.24) is 0 Å². The van der Waals surface area contributed by atoms with Gasteiger partial charge >= 0.3 is 0 Å². The third-order valence-electron chi connectivity index (χ3n) is 6.74. The van der Waals surface area contributed by atoms with Crippen LogP contribution in [0.15, 0.2) is 141 Å². The normalized spacial score (nSPS) is 10.9. The minimum atomic E-state index is -0.201. The van der Waals surface area contributed by atoms with Crippen molar-refractivity contribution >= 4 is 26.9 Å². The molecule has 42 heavy (non-hydrogen) atoms. The highest BCUT2D eigenvalue weighted by Crippen LogP contribution is 2.34. The van der Waals surface area contributed by atoms with E-state index in [1.54, 1.807) is 12.1 Å². The zero-order chi connectivity index (χ0) is 28.7. The van der Waals surface area contributed by atoms with Crippen LogP contribution in [0.25, 0.3) is 22.3 Å². The first-order valence-corrected chi connectivity index (χ1v) is 14.3. The van der Waals surface area contributed by atoms with Gasteiger partial charge < -0.3 is 18.6 Å². The lowest BCUT2D eigenvalue weighted by Crippen LogP contribution is -2.06. The Balaban J connectivity index is 1.30. The molecule has 5 nitrogen and oxygen atoms in total. The van der Waals surface area contributed by atoms with Gasteiger partial charge in [-0.2, -0.15) is 0 Å². The Bertz CT molecular complexity index is 1850. The van der Waals surface area contributed by atoms with Crippen LogP contribution in [0.5, 0.6) is 17.2 Å². The smallest absolute Gasteiger partial charge is 0.197 e. The summed E-state index contributed by atoms with van der Waals surface area (Å²) in [6, 6.07) is 40.2. The van der Waals surface area contributed by atoms with Gasteiger partial charge in [-0.15, -0.1) is 0 Å². The molecule has 0 aliphatic rings. The van der Waals surface area contributed by atoms with Gasteiger partial charge in [-0.05, 0) is 41.5 Å². The van der Waals surface area contributed by atoms with Crippen LogP contribution in [0.3, 0.4) is 0 Å². The first-order chi connectivity index (χ1) is 20.6. The number of hydrogen-bond donors (Lipinski definition) is 0. The van der Waals surface area contributed by atoms with Crippen LogP contribution in [-0.4, -0.2) is 0 Å². The Morgan fingerprint density at radius 2 is 1.21 bits per heavy atom. The largest absolute Gasteiger partial charge is 0.489 e. The number of ether oxygens (including phenoxy) is 3. The zero-order valence-corrected chi connectivity index (χ0v) is 24.3. The summed E-state index contributed by atoms with van der Waals surface area (Å²) in [4.78, 5) is 13.5. The van der Waals surface area contributed by atoms with Crippen molar-refractivity contribution in [3.8, 4) is 28.6 Å². The average molecular weight is 620 g/mol. The third-order valence-corrected chi connectivity index (χ3v) is 7.52. The van der Waals surface area contributed by atoms with Crippen molar-refractivity contribution in [3.63, 3.8) is 0 Å². The molecule has 0 radical (unpaired) electrons. The van der Waals surface area contributed by atoms with E-state index in [0.29, 0.717) is 41.4 Å². The van der Waals surface area contributed by atoms with Crippen LogP contribution in [0, 0.1) is 0 Å². The highest BCUT2D eigenvalue weighted by molar-refractivity contribution is 9.10. The molecule has 1 aromatic heterocycles. The summed E-state index contributed by atoms with van der Waals surface area (Å²) in [5.74, 6) is 2.11. The van der Waals surface area contributed by atoms with Gasteiger partial charge in [-0.3, -0.25) is 4.79 Å². The van der Waals surface area contributed by atoms with Gasteiger partial charge in [0.05, 0.1) is 0 Å². The van der Waals surface area contributed by atoms with Crippen LogP contribution >= 0.6 is 15.9 Å². The van der Waals surface area contributed by atoms with Crippen molar-refractivity contribution in [2.75, 3.05) is 0 Å². The van der Waals surface area contributed by atoms with E-state index >= 15 is 0 Å². The number of benzene rings is 5. The lowest BCUT2D eigenvalue weighted by atomic mass is 10.1. The lowest BCUT2D eigenvalue weighted by molar-refractivity contribution is 0.291. The molecule has 0 bridgehead atoms. The molecule has 6 rings (SSSR count). The highest BCUT2D eigenvalue weighted by atomic mass is 79.9. The standard InChI is InChI=1S/C36H27BrO5/c37-31-14-8-7-13-28(31)24-41-34-19-30(40-23-26-11-5-2-6-12-26)20-35-36(34)32(38)21-33(42-35)27-15-17-29(18-16-27)39-22-25-9-3-1-4-10-25/h1-21H,22-24H2. The molecule has 0 spiro atoms. The summed E-state index contributed by atoms with van der Waals surface area (Å²) in [5, 5.41) is 0.362. The van der Waals surface area contributed by atoms with Crippen molar-refractivity contribution in [2.45, 2.75) is 19.8 Å². The maximum atomic E-state index is 13.5. The Morgan fingerprint density at radius 1 is 0.595 bits per heavy atom. The number of rotatable bonds is 10. The van der Waals surface area contributed by atoms with Gasteiger partial charge in [0.1, 0.15) is 53.8 Å². The minimum Gasteiger partial charge on any atom is -0.489 e. The van der Waals surface area contributed by atoms with E-state index in [-0.39, 0.29) is 12.0 Å². The lowest BCUT2D eigenvalue weighted by Gasteiger charge is -2.14. The SMILES string of the molecule is O=c1cc(-c2ccc(OCc3ccccc3)cc2)oc2cc(OCc3ccccc3)cc(OCc3ccccc3Br)c12. The summed E-state index contributed by atoms with van der Waals surface area (Å²) in [5.41, 5.74) is 4.01. The van der Waals surface area contributed by atoms with Gasteiger partial charge in [0.15, 0.2) is 5.43 Å². The van der Waals surface area contributed by atoms with Gasteiger partial charge in [-0.25, -0.2) is 0 Å². The van der Waals surface area contributed by atoms with Crippen molar-refractivity contribution < 1.29 is 18.6 Å². The molecule has 0 N–H and O–H groups in total. The van der Waals surface area contributed by atoms with Crippen molar-refractivity contribution in [1.29, 1.82) is 0 Å². The second kappa shape index (κ2) is 12.8. The van der Waals surface area contributed by atoms with Gasteiger partial charge in [0.2, 0.25) is 0 Å². The van der Waals surface area contributed by atoms with E-state index in [1.165, 1.54) is 6.07 Å². The van der Waals surface area contributed by atoms with Crippen LogP contribution in [0.4, 0.5) is 0 Å². The Labute approximate surface area is 252 Å². The second-order valence-corrected chi connectivity index (χ2v) is 10.6. The molecule has 0 saturated carbocycles. The van der Waals surface area contributed by atoms with E-state index in [2.05, 4.69) is 15.9 Å². The Hall–Kier alpha value is -4.81. The first kappa shape index (κ1) is 27.4. The summed E-state index contributed by atoms with van der Waals surface area (Å²) in [7, 11) is 0. The van der Waals surface area contributed by atoms with E-state index in [1.807, 2.05) is 109 Å². The van der Waals surface area contributed by atoms with Gasteiger partial charge in [-0.1, -0.05) is 94.8 Å². The zero-order valence-electron chi connectivity index (χ0n) is 22.7. The molecule has 0 aliphatic heterocycles. The molecule has 0 aliphatic carbocycles. The number of halogens is 1.